The molecule has 12 heteroatoms. The van der Waals surface area contributed by atoms with Crippen LogP contribution in [0, 0.1) is 5.92 Å². The number of aliphatic carboxylic acids is 1. The molecule has 0 unspecified atom stereocenters. The van der Waals surface area contributed by atoms with Crippen molar-refractivity contribution in [3.8, 4) is 22.5 Å². The summed E-state index contributed by atoms with van der Waals surface area (Å²) in [7, 11) is 0. The number of hydrogen-bond acceptors (Lipinski definition) is 7. The fourth-order valence-electron chi connectivity index (χ4n) is 6.36. The molecule has 1 aliphatic carbocycles. The standard InChI is InChI=1S/C38H42ClN3O8/c39-12-3-1-2-4-16-48-18-19-49-17-13-40-36(43)25-6-9-29(38(46)47)32(20-25)35-30-10-7-27(41-14-5-15-41)21-33(30)50-34-22-28(8-11-31(34)35)42-23-26(24-42)37(44)45/h6-11,20-22,26H,1-5,12-19,23-24H2,(H2-,40,43,44,45,46,47)/p+1. The van der Waals surface area contributed by atoms with Gasteiger partial charge < -0.3 is 34.3 Å². The number of aromatic carboxylic acids is 1. The van der Waals surface area contributed by atoms with Crippen molar-refractivity contribution in [3.05, 3.63) is 71.1 Å². The first-order valence-electron chi connectivity index (χ1n) is 17.3. The number of amides is 1. The molecule has 6 rings (SSSR count). The molecule has 0 atom stereocenters. The largest absolute Gasteiger partial charge is 0.481 e. The minimum atomic E-state index is -1.12. The third-order valence-corrected chi connectivity index (χ3v) is 9.63. The summed E-state index contributed by atoms with van der Waals surface area (Å²) in [6, 6.07) is 16.2. The molecule has 2 fully saturated rings. The highest BCUT2D eigenvalue weighted by Gasteiger charge is 2.37. The minimum Gasteiger partial charge on any atom is -0.481 e. The van der Waals surface area contributed by atoms with Crippen molar-refractivity contribution < 1.29 is 38.5 Å². The number of nitrogens with zero attached hydrogens (tertiary/aromatic N) is 2. The zero-order valence-corrected chi connectivity index (χ0v) is 28.8. The Morgan fingerprint density at radius 1 is 0.880 bits per heavy atom. The highest BCUT2D eigenvalue weighted by molar-refractivity contribution is 6.17. The van der Waals surface area contributed by atoms with Crippen molar-refractivity contribution in [2.45, 2.75) is 32.1 Å². The van der Waals surface area contributed by atoms with Crippen molar-refractivity contribution in [3.63, 3.8) is 0 Å². The van der Waals surface area contributed by atoms with E-state index in [0.717, 1.165) is 61.6 Å². The molecule has 0 radical (unpaired) electrons. The van der Waals surface area contributed by atoms with Gasteiger partial charge in [-0.1, -0.05) is 12.8 Å². The number of unbranched alkanes of at least 4 members (excludes halogenated alkanes) is 3. The Kier molecular flexibility index (Phi) is 11.7. The summed E-state index contributed by atoms with van der Waals surface area (Å²) in [5.74, 6) is -1.48. The zero-order valence-electron chi connectivity index (χ0n) is 28.0. The average molecular weight is 705 g/mol. The van der Waals surface area contributed by atoms with Crippen LogP contribution in [-0.4, -0.2) is 93.1 Å². The molecule has 50 heavy (non-hydrogen) atoms. The number of rotatable bonds is 17. The molecule has 1 amide bonds. The molecule has 0 aromatic heterocycles. The van der Waals surface area contributed by atoms with Crippen LogP contribution in [0.3, 0.4) is 0 Å². The lowest BCUT2D eigenvalue weighted by atomic mass is 9.89. The molecule has 2 aromatic rings. The maximum absolute atomic E-state index is 13.3. The maximum Gasteiger partial charge on any atom is 0.336 e. The van der Waals surface area contributed by atoms with Gasteiger partial charge in [-0.25, -0.2) is 9.37 Å². The predicted molar refractivity (Wildman–Crippen MR) is 191 cm³/mol. The maximum atomic E-state index is 13.3. The van der Waals surface area contributed by atoms with Gasteiger partial charge in [0, 0.05) is 72.0 Å². The van der Waals surface area contributed by atoms with Gasteiger partial charge in [0.15, 0.2) is 19.0 Å². The first kappa shape index (κ1) is 35.4. The van der Waals surface area contributed by atoms with E-state index in [1.807, 2.05) is 41.0 Å². The number of carbonyl (C=O) groups excluding carboxylic acids is 1. The number of carboxylic acid groups (broad SMARTS) is 2. The van der Waals surface area contributed by atoms with Gasteiger partial charge in [0.25, 0.3) is 5.91 Å². The van der Waals surface area contributed by atoms with Crippen LogP contribution in [0.2, 0.25) is 0 Å². The van der Waals surface area contributed by atoms with Crippen LogP contribution in [-0.2, 0) is 14.3 Å². The van der Waals surface area contributed by atoms with Gasteiger partial charge in [-0.3, -0.25) is 9.59 Å². The average Bonchev–Trinajstić information content (AvgIpc) is 3.05. The molecule has 4 aliphatic rings. The SMILES string of the molecule is O=C(NCCOCCOCCCCCCCl)c1ccc(C(=O)O)c(-c2c3ccc(=[N+]4CC(C(=O)O)C4)cc-3oc3cc(N4CCC4)ccc23)c1. The summed E-state index contributed by atoms with van der Waals surface area (Å²) >= 11 is 5.70. The fourth-order valence-corrected chi connectivity index (χ4v) is 6.55. The number of ether oxygens (including phenoxy) is 2. The molecule has 0 bridgehead atoms. The summed E-state index contributed by atoms with van der Waals surface area (Å²) in [5, 5.41) is 24.1. The molecule has 0 spiro atoms. The Balaban J connectivity index is 1.24. The van der Waals surface area contributed by atoms with Crippen molar-refractivity contribution in [2.24, 2.45) is 5.92 Å². The molecule has 2 saturated heterocycles. The summed E-state index contributed by atoms with van der Waals surface area (Å²) < 4.78 is 19.7. The molecular formula is C38H43ClN3O8+. The van der Waals surface area contributed by atoms with Crippen LogP contribution in [0.4, 0.5) is 5.69 Å². The van der Waals surface area contributed by atoms with Crippen LogP contribution < -0.4 is 20.1 Å². The summed E-state index contributed by atoms with van der Waals surface area (Å²) in [6.07, 6.45) is 5.33. The highest BCUT2D eigenvalue weighted by Crippen LogP contribution is 2.42. The molecule has 11 nitrogen and oxygen atoms in total. The van der Waals surface area contributed by atoms with Crippen LogP contribution in [0.1, 0.15) is 52.8 Å². The van der Waals surface area contributed by atoms with Gasteiger partial charge >= 0.3 is 11.9 Å². The van der Waals surface area contributed by atoms with Crippen molar-refractivity contribution in [1.29, 1.82) is 0 Å². The number of alkyl halides is 1. The van der Waals surface area contributed by atoms with E-state index in [2.05, 4.69) is 10.2 Å². The van der Waals surface area contributed by atoms with E-state index in [4.69, 9.17) is 25.5 Å². The molecule has 264 valence electrons. The van der Waals surface area contributed by atoms with Crippen LogP contribution in [0.25, 0.3) is 33.4 Å². The number of carboxylic acids is 2. The van der Waals surface area contributed by atoms with Crippen LogP contribution >= 0.6 is 11.6 Å². The quantitative estimate of drug-likeness (QED) is 0.0588. The van der Waals surface area contributed by atoms with Crippen molar-refractivity contribution >= 4 is 46.1 Å². The van der Waals surface area contributed by atoms with Gasteiger partial charge in [0.05, 0.1) is 31.5 Å². The molecule has 2 aromatic carbocycles. The number of hydrogen-bond donors (Lipinski definition) is 3. The fraction of sp³-hybridized carbons (Fsp3) is 0.421. The van der Waals surface area contributed by atoms with Gasteiger partial charge in [-0.2, -0.15) is 0 Å². The third-order valence-electron chi connectivity index (χ3n) is 9.36. The van der Waals surface area contributed by atoms with Crippen LogP contribution in [0.15, 0.2) is 59.0 Å². The molecular weight excluding hydrogens is 662 g/mol. The lowest BCUT2D eigenvalue weighted by Gasteiger charge is -2.33. The second-order valence-corrected chi connectivity index (χ2v) is 13.1. The Hall–Kier alpha value is -4.45. The first-order chi connectivity index (χ1) is 24.3. The topological polar surface area (TPSA) is 142 Å². The molecule has 0 saturated carbocycles. The highest BCUT2D eigenvalue weighted by atomic mass is 35.5. The van der Waals surface area contributed by atoms with Crippen LogP contribution in [0.5, 0.6) is 0 Å². The third kappa shape index (κ3) is 8.12. The van der Waals surface area contributed by atoms with E-state index >= 15 is 0 Å². The number of halogens is 1. The molecule has 3 aliphatic heterocycles. The van der Waals surface area contributed by atoms with Gasteiger partial charge in [-0.05, 0) is 61.2 Å². The molecule has 3 heterocycles. The smallest absolute Gasteiger partial charge is 0.336 e. The zero-order chi connectivity index (χ0) is 35.0. The number of carbonyl (C=O) groups is 3. The van der Waals surface area contributed by atoms with Gasteiger partial charge in [0.1, 0.15) is 11.3 Å². The lowest BCUT2D eigenvalue weighted by Crippen LogP contribution is -2.52. The van der Waals surface area contributed by atoms with E-state index < -0.39 is 17.9 Å². The number of benzene rings is 3. The number of fused-ring (bicyclic) bond motifs is 2. The lowest BCUT2D eigenvalue weighted by molar-refractivity contribution is -0.143. The van der Waals surface area contributed by atoms with Crippen molar-refractivity contribution in [1.82, 2.24) is 9.89 Å². The summed E-state index contributed by atoms with van der Waals surface area (Å²) in [5.41, 5.74) is 3.69. The van der Waals surface area contributed by atoms with Gasteiger partial charge in [0.2, 0.25) is 5.36 Å². The monoisotopic (exact) mass is 704 g/mol. The van der Waals surface area contributed by atoms with E-state index in [1.54, 1.807) is 6.07 Å². The number of nitrogens with one attached hydrogen (secondary N) is 1. The Morgan fingerprint density at radius 2 is 1.66 bits per heavy atom. The van der Waals surface area contributed by atoms with E-state index in [1.165, 1.54) is 12.1 Å². The first-order valence-corrected chi connectivity index (χ1v) is 17.8. The van der Waals surface area contributed by atoms with E-state index in [9.17, 15) is 24.6 Å². The summed E-state index contributed by atoms with van der Waals surface area (Å²) in [6.45, 7) is 4.88. The Labute approximate surface area is 295 Å². The van der Waals surface area contributed by atoms with Crippen molar-refractivity contribution in [2.75, 3.05) is 69.9 Å². The molecule has 3 N–H and O–H groups in total. The minimum absolute atomic E-state index is 0.0562. The Bertz CT molecular complexity index is 1890. The predicted octanol–water partition coefficient (Wildman–Crippen LogP) is 5.16. The second-order valence-electron chi connectivity index (χ2n) is 12.8. The normalized spacial score (nSPS) is 15.6. The van der Waals surface area contributed by atoms with E-state index in [0.29, 0.717) is 79.0 Å². The van der Waals surface area contributed by atoms with E-state index in [-0.39, 0.29) is 18.0 Å². The number of anilines is 1. The van der Waals surface area contributed by atoms with Gasteiger partial charge in [-0.15, -0.1) is 11.6 Å². The summed E-state index contributed by atoms with van der Waals surface area (Å²) in [4.78, 5) is 39.6. The Morgan fingerprint density at radius 3 is 2.38 bits per heavy atom. The second kappa shape index (κ2) is 16.5.